The molecule has 0 spiro atoms. The lowest BCUT2D eigenvalue weighted by atomic mass is 9.90. The van der Waals surface area contributed by atoms with Gasteiger partial charge in [-0.1, -0.05) is 48.5 Å². The molecular weight excluding hydrogens is 386 g/mol. The molecule has 1 atom stereocenters. The first-order valence-electron chi connectivity index (χ1n) is 9.67. The van der Waals surface area contributed by atoms with Gasteiger partial charge in [0.15, 0.2) is 9.84 Å². The first-order valence-corrected chi connectivity index (χ1v) is 11.3. The van der Waals surface area contributed by atoms with Crippen LogP contribution < -0.4 is 0 Å². The monoisotopic (exact) mass is 405 g/mol. The number of nitrogens with zero attached hydrogens (tertiary/aromatic N) is 1. The maximum Gasteiger partial charge on any atom is 0.261 e. The summed E-state index contributed by atoms with van der Waals surface area (Å²) >= 11 is 0. The Morgan fingerprint density at radius 1 is 0.862 bits per heavy atom. The van der Waals surface area contributed by atoms with E-state index in [4.69, 9.17) is 0 Å². The molecule has 2 amide bonds. The van der Waals surface area contributed by atoms with E-state index in [1.54, 1.807) is 24.3 Å². The van der Waals surface area contributed by atoms with Gasteiger partial charge in [-0.25, -0.2) is 8.42 Å². The zero-order chi connectivity index (χ0) is 20.2. The van der Waals surface area contributed by atoms with Crippen molar-refractivity contribution in [3.8, 4) is 0 Å². The van der Waals surface area contributed by atoms with Crippen LogP contribution in [0.5, 0.6) is 0 Å². The third-order valence-electron chi connectivity index (χ3n) is 5.98. The molecule has 0 N–H and O–H groups in total. The fraction of sp³-hybridized carbons (Fsp3) is 0.217. The molecule has 0 aliphatic carbocycles. The number of imide groups is 1. The zero-order valence-corrected chi connectivity index (χ0v) is 16.5. The highest BCUT2D eigenvalue weighted by atomic mass is 32.2. The van der Waals surface area contributed by atoms with Crippen molar-refractivity contribution in [1.29, 1.82) is 0 Å². The number of hydrogen-bond acceptors (Lipinski definition) is 4. The van der Waals surface area contributed by atoms with Crippen LogP contribution >= 0.6 is 0 Å². The van der Waals surface area contributed by atoms with Crippen molar-refractivity contribution in [3.05, 3.63) is 77.4 Å². The molecule has 0 bridgehead atoms. The number of carbonyl (C=O) groups excluding carboxylic acids is 2. The van der Waals surface area contributed by atoms with Gasteiger partial charge in [-0.05, 0) is 41.8 Å². The smallest absolute Gasteiger partial charge is 0.261 e. The van der Waals surface area contributed by atoms with Gasteiger partial charge in [-0.2, -0.15) is 0 Å². The summed E-state index contributed by atoms with van der Waals surface area (Å²) in [6, 6.07) is 18.2. The normalized spacial score (nSPS) is 20.0. The van der Waals surface area contributed by atoms with E-state index in [1.807, 2.05) is 36.4 Å². The Bertz CT molecular complexity index is 1240. The topological polar surface area (TPSA) is 71.5 Å². The second-order valence-corrected chi connectivity index (χ2v) is 9.65. The lowest BCUT2D eigenvalue weighted by Gasteiger charge is -2.28. The number of benzene rings is 3. The summed E-state index contributed by atoms with van der Waals surface area (Å²) in [6.07, 6.45) is 1.04. The van der Waals surface area contributed by atoms with Crippen molar-refractivity contribution in [1.82, 2.24) is 4.90 Å². The van der Waals surface area contributed by atoms with Crippen LogP contribution in [0.2, 0.25) is 0 Å². The number of fused-ring (bicyclic) bond motifs is 4. The molecule has 5 nitrogen and oxygen atoms in total. The highest BCUT2D eigenvalue weighted by Gasteiger charge is 2.37. The van der Waals surface area contributed by atoms with Crippen LogP contribution in [0.25, 0.3) is 10.8 Å². The van der Waals surface area contributed by atoms with Crippen LogP contribution in [0, 0.1) is 0 Å². The molecule has 2 heterocycles. The molecule has 0 fully saturated rings. The van der Waals surface area contributed by atoms with Gasteiger partial charge >= 0.3 is 0 Å². The van der Waals surface area contributed by atoms with Gasteiger partial charge in [0.05, 0.1) is 21.8 Å². The third-order valence-corrected chi connectivity index (χ3v) is 7.83. The molecule has 3 aromatic rings. The van der Waals surface area contributed by atoms with E-state index in [0.29, 0.717) is 28.9 Å². The predicted octanol–water partition coefficient (Wildman–Crippen LogP) is 3.79. The van der Waals surface area contributed by atoms with E-state index < -0.39 is 9.84 Å². The minimum absolute atomic E-state index is 0.0116. The second-order valence-electron chi connectivity index (χ2n) is 7.61. The molecule has 0 aromatic heterocycles. The van der Waals surface area contributed by atoms with Crippen LogP contribution in [0.3, 0.4) is 0 Å². The Balaban J connectivity index is 1.47. The van der Waals surface area contributed by atoms with E-state index in [-0.39, 0.29) is 30.0 Å². The molecule has 0 saturated heterocycles. The largest absolute Gasteiger partial charge is 0.274 e. The number of sulfone groups is 1. The van der Waals surface area contributed by atoms with Crippen LogP contribution in [0.1, 0.15) is 45.0 Å². The lowest BCUT2D eigenvalue weighted by molar-refractivity contribution is 0.0649. The van der Waals surface area contributed by atoms with Gasteiger partial charge in [0.1, 0.15) is 0 Å². The number of rotatable bonds is 3. The van der Waals surface area contributed by atoms with Gasteiger partial charge in [-0.3, -0.25) is 14.5 Å². The third kappa shape index (κ3) is 2.78. The van der Waals surface area contributed by atoms with Crippen molar-refractivity contribution in [2.75, 3.05) is 12.3 Å². The van der Waals surface area contributed by atoms with E-state index in [1.165, 1.54) is 4.90 Å². The van der Waals surface area contributed by atoms with E-state index in [9.17, 15) is 18.0 Å². The maximum atomic E-state index is 12.8. The first-order chi connectivity index (χ1) is 14.0. The standard InChI is InChI=1S/C23H19NO4S/c25-22-19-7-3-4-8-20(19)23(26)24(22)13-11-16-12-14-29(27,28)21-17-6-2-1-5-15(17)9-10-18(16)21/h1-10,16H,11-14H2. The van der Waals surface area contributed by atoms with Crippen LogP contribution in [-0.2, 0) is 9.84 Å². The van der Waals surface area contributed by atoms with Crippen molar-refractivity contribution >= 4 is 32.4 Å². The van der Waals surface area contributed by atoms with E-state index in [0.717, 1.165) is 16.3 Å². The summed E-state index contributed by atoms with van der Waals surface area (Å²) in [6.45, 7) is 0.281. The molecule has 3 aromatic carbocycles. The minimum atomic E-state index is -3.35. The number of amides is 2. The Labute approximate surface area is 168 Å². The molecule has 1 unspecified atom stereocenters. The van der Waals surface area contributed by atoms with Gasteiger partial charge in [0.2, 0.25) is 0 Å². The van der Waals surface area contributed by atoms with Crippen LogP contribution in [0.15, 0.2) is 65.6 Å². The maximum absolute atomic E-state index is 12.8. The van der Waals surface area contributed by atoms with Gasteiger partial charge < -0.3 is 0 Å². The Kier molecular flexibility index (Phi) is 4.06. The lowest BCUT2D eigenvalue weighted by Crippen LogP contribution is -2.32. The highest BCUT2D eigenvalue weighted by Crippen LogP contribution is 2.40. The molecular formula is C23H19NO4S. The molecule has 2 aliphatic heterocycles. The van der Waals surface area contributed by atoms with Gasteiger partial charge in [0.25, 0.3) is 11.8 Å². The summed E-state index contributed by atoms with van der Waals surface area (Å²) in [4.78, 5) is 26.9. The fourth-order valence-corrected chi connectivity index (χ4v) is 6.42. The first kappa shape index (κ1) is 18.1. The Morgan fingerprint density at radius 3 is 2.24 bits per heavy atom. The average molecular weight is 405 g/mol. The summed E-state index contributed by atoms with van der Waals surface area (Å²) in [5.41, 5.74) is 1.68. The summed E-state index contributed by atoms with van der Waals surface area (Å²) < 4.78 is 25.7. The van der Waals surface area contributed by atoms with E-state index in [2.05, 4.69) is 0 Å². The Morgan fingerprint density at radius 2 is 1.52 bits per heavy atom. The molecule has 29 heavy (non-hydrogen) atoms. The summed E-state index contributed by atoms with van der Waals surface area (Å²) in [7, 11) is -3.35. The van der Waals surface area contributed by atoms with Crippen molar-refractivity contribution in [2.45, 2.75) is 23.7 Å². The summed E-state index contributed by atoms with van der Waals surface area (Å²) in [5, 5.41) is 1.64. The number of carbonyl (C=O) groups is 2. The molecule has 2 aliphatic rings. The van der Waals surface area contributed by atoms with Crippen molar-refractivity contribution in [3.63, 3.8) is 0 Å². The second kappa shape index (κ2) is 6.52. The molecule has 146 valence electrons. The van der Waals surface area contributed by atoms with Gasteiger partial charge in [-0.15, -0.1) is 0 Å². The number of hydrogen-bond donors (Lipinski definition) is 0. The average Bonchev–Trinajstić information content (AvgIpc) is 2.97. The zero-order valence-electron chi connectivity index (χ0n) is 15.7. The molecule has 0 saturated carbocycles. The minimum Gasteiger partial charge on any atom is -0.274 e. The van der Waals surface area contributed by atoms with Crippen LogP contribution in [0.4, 0.5) is 0 Å². The van der Waals surface area contributed by atoms with Crippen LogP contribution in [-0.4, -0.2) is 37.4 Å². The quantitative estimate of drug-likeness (QED) is 0.622. The molecule has 0 radical (unpaired) electrons. The van der Waals surface area contributed by atoms with Crippen molar-refractivity contribution in [2.24, 2.45) is 0 Å². The summed E-state index contributed by atoms with van der Waals surface area (Å²) in [5.74, 6) is -0.469. The fourth-order valence-electron chi connectivity index (χ4n) is 4.51. The predicted molar refractivity (Wildman–Crippen MR) is 110 cm³/mol. The van der Waals surface area contributed by atoms with Gasteiger partial charge in [0, 0.05) is 11.9 Å². The van der Waals surface area contributed by atoms with E-state index >= 15 is 0 Å². The van der Waals surface area contributed by atoms with Crippen molar-refractivity contribution < 1.29 is 18.0 Å². The molecule has 5 rings (SSSR count). The highest BCUT2D eigenvalue weighted by molar-refractivity contribution is 7.91. The SMILES string of the molecule is O=C1c2ccccc2C(=O)N1CCC1CCS(=O)(=O)c2c1ccc1ccccc21. The molecule has 6 heteroatoms. The Hall–Kier alpha value is -2.99.